The molecule has 0 aliphatic rings. The number of hydrogen-bond acceptors (Lipinski definition) is 4. The molecular weight excluding hydrogens is 663 g/mol. The van der Waals surface area contributed by atoms with Crippen LogP contribution in [0.15, 0.2) is 185 Å². The molecule has 8 aromatic carbocycles. The zero-order valence-corrected chi connectivity index (χ0v) is 28.9. The molecule has 3 aromatic heterocycles. The first-order chi connectivity index (χ1) is 26.7. The predicted molar refractivity (Wildman–Crippen MR) is 221 cm³/mol. The van der Waals surface area contributed by atoms with Gasteiger partial charge in [-0.1, -0.05) is 140 Å². The smallest absolute Gasteiger partial charge is 0.371 e. The molecule has 0 atom stereocenters. The molecular formula is C49H29N3O2. The Labute approximate surface area is 309 Å². The Kier molecular flexibility index (Phi) is 6.64. The summed E-state index contributed by atoms with van der Waals surface area (Å²) in [4.78, 5) is 22.5. The van der Waals surface area contributed by atoms with Gasteiger partial charge in [-0.3, -0.25) is 4.40 Å². The second kappa shape index (κ2) is 11.8. The van der Waals surface area contributed by atoms with Gasteiger partial charge < -0.3 is 4.42 Å². The number of aromatic nitrogens is 3. The summed E-state index contributed by atoms with van der Waals surface area (Å²) in [6, 6.07) is 58.8. The van der Waals surface area contributed by atoms with Crippen molar-refractivity contribution in [2.45, 2.75) is 0 Å². The summed E-state index contributed by atoms with van der Waals surface area (Å²) in [6.07, 6.45) is 2.03. The monoisotopic (exact) mass is 691 g/mol. The Morgan fingerprint density at radius 3 is 1.70 bits per heavy atom. The second-order valence-electron chi connectivity index (χ2n) is 13.7. The van der Waals surface area contributed by atoms with Gasteiger partial charge in [0.15, 0.2) is 11.5 Å². The van der Waals surface area contributed by atoms with Gasteiger partial charge in [0.05, 0.1) is 0 Å². The molecule has 3 heterocycles. The zero-order chi connectivity index (χ0) is 35.8. The summed E-state index contributed by atoms with van der Waals surface area (Å²) in [5.74, 6) is 0.503. The van der Waals surface area contributed by atoms with Crippen molar-refractivity contribution in [3.8, 4) is 44.8 Å². The lowest BCUT2D eigenvalue weighted by atomic mass is 9.92. The van der Waals surface area contributed by atoms with Crippen LogP contribution in [0.5, 0.6) is 0 Å². The number of fused-ring (bicyclic) bond motifs is 10. The molecule has 0 aliphatic heterocycles. The van der Waals surface area contributed by atoms with E-state index < -0.39 is 5.69 Å². The van der Waals surface area contributed by atoms with E-state index in [1.165, 1.54) is 32.3 Å². The molecule has 252 valence electrons. The van der Waals surface area contributed by atoms with Crippen LogP contribution in [0.2, 0.25) is 0 Å². The molecule has 11 aromatic rings. The fourth-order valence-electron chi connectivity index (χ4n) is 8.21. The Balaban J connectivity index is 1.16. The van der Waals surface area contributed by atoms with E-state index in [4.69, 9.17) is 4.42 Å². The fraction of sp³-hybridized carbons (Fsp3) is 0. The Morgan fingerprint density at radius 1 is 0.407 bits per heavy atom. The molecule has 5 nitrogen and oxygen atoms in total. The molecule has 54 heavy (non-hydrogen) atoms. The average molecular weight is 692 g/mol. The van der Waals surface area contributed by atoms with Gasteiger partial charge >= 0.3 is 5.69 Å². The second-order valence-corrected chi connectivity index (χ2v) is 13.7. The van der Waals surface area contributed by atoms with Gasteiger partial charge in [-0.15, -0.1) is 0 Å². The van der Waals surface area contributed by atoms with E-state index in [0.717, 1.165) is 60.9 Å². The Bertz CT molecular complexity index is 3310. The van der Waals surface area contributed by atoms with Crippen LogP contribution in [-0.2, 0) is 0 Å². The molecule has 0 radical (unpaired) electrons. The number of hydrogen-bond donors (Lipinski definition) is 0. The van der Waals surface area contributed by atoms with Crippen molar-refractivity contribution in [1.82, 2.24) is 14.4 Å². The van der Waals surface area contributed by atoms with Gasteiger partial charge in [0.1, 0.15) is 11.2 Å². The van der Waals surface area contributed by atoms with Crippen molar-refractivity contribution in [3.63, 3.8) is 0 Å². The zero-order valence-electron chi connectivity index (χ0n) is 28.9. The van der Waals surface area contributed by atoms with Crippen molar-refractivity contribution in [2.75, 3.05) is 0 Å². The highest BCUT2D eigenvalue weighted by Gasteiger charge is 2.20. The van der Waals surface area contributed by atoms with Crippen LogP contribution in [0.1, 0.15) is 0 Å². The summed E-state index contributed by atoms with van der Waals surface area (Å²) >= 11 is 0. The maximum atomic E-state index is 13.4. The lowest BCUT2D eigenvalue weighted by Gasteiger charge is -2.15. The third kappa shape index (κ3) is 4.69. The number of benzene rings is 8. The highest BCUT2D eigenvalue weighted by Crippen LogP contribution is 2.41. The summed E-state index contributed by atoms with van der Waals surface area (Å²) in [5.41, 5.74) is 8.29. The molecule has 0 aliphatic carbocycles. The third-order valence-electron chi connectivity index (χ3n) is 10.7. The molecule has 0 saturated carbocycles. The fourth-order valence-corrected chi connectivity index (χ4v) is 8.21. The Morgan fingerprint density at radius 2 is 1.00 bits per heavy atom. The van der Waals surface area contributed by atoms with Crippen LogP contribution in [0.3, 0.4) is 0 Å². The van der Waals surface area contributed by atoms with Crippen molar-refractivity contribution < 1.29 is 4.42 Å². The number of pyridine rings is 1. The molecule has 0 bridgehead atoms. The number of rotatable bonds is 4. The van der Waals surface area contributed by atoms with Gasteiger partial charge in [-0.25, -0.2) is 4.79 Å². The SMILES string of the molecule is O=c1nc(-c2cccc3oc4ccc(-c5ccc6c7ccccc7c7ccccc7c6c5)cc4c23)n2cc(-c3ccccc3)cc(-c3ccccc3)c2n1. The number of nitrogens with zero attached hydrogens (tertiary/aromatic N) is 3. The van der Waals surface area contributed by atoms with Crippen molar-refractivity contribution in [1.29, 1.82) is 0 Å². The summed E-state index contributed by atoms with van der Waals surface area (Å²) in [7, 11) is 0. The van der Waals surface area contributed by atoms with Gasteiger partial charge in [-0.2, -0.15) is 9.97 Å². The third-order valence-corrected chi connectivity index (χ3v) is 10.7. The Hall–Kier alpha value is -7.37. The summed E-state index contributed by atoms with van der Waals surface area (Å²) in [6.45, 7) is 0. The van der Waals surface area contributed by atoms with Crippen LogP contribution in [0, 0.1) is 0 Å². The van der Waals surface area contributed by atoms with E-state index >= 15 is 0 Å². The summed E-state index contributed by atoms with van der Waals surface area (Å²) in [5, 5.41) is 9.28. The molecule has 11 rings (SSSR count). The maximum absolute atomic E-state index is 13.4. The highest BCUT2D eigenvalue weighted by atomic mass is 16.3. The molecule has 0 amide bonds. The predicted octanol–water partition coefficient (Wildman–Crippen LogP) is 12.1. The van der Waals surface area contributed by atoms with Crippen LogP contribution in [0.4, 0.5) is 0 Å². The van der Waals surface area contributed by atoms with E-state index in [9.17, 15) is 4.79 Å². The van der Waals surface area contributed by atoms with Gasteiger partial charge in [0.2, 0.25) is 0 Å². The minimum atomic E-state index is -0.545. The lowest BCUT2D eigenvalue weighted by Crippen LogP contribution is -2.16. The topological polar surface area (TPSA) is 60.4 Å². The minimum Gasteiger partial charge on any atom is -0.456 e. The van der Waals surface area contributed by atoms with Gasteiger partial charge in [0.25, 0.3) is 0 Å². The first-order valence-corrected chi connectivity index (χ1v) is 18.0. The largest absolute Gasteiger partial charge is 0.456 e. The van der Waals surface area contributed by atoms with Gasteiger partial charge in [-0.05, 0) is 90.5 Å². The van der Waals surface area contributed by atoms with Crippen molar-refractivity contribution in [2.24, 2.45) is 0 Å². The maximum Gasteiger partial charge on any atom is 0.371 e. The molecule has 5 heteroatoms. The standard InChI is InChI=1S/C49H29N3O2/c53-49-50-47(52-29-34(30-12-3-1-4-13-30)28-41(48(52)51-49)31-14-5-2-6-15-31)40-20-11-21-45-46(40)43-27-33(23-25-44(43)54-45)32-22-24-39-37-18-8-7-16-35(37)36-17-9-10-19-38(36)42(39)26-32/h1-29H. The first kappa shape index (κ1) is 30.3. The molecule has 0 unspecified atom stereocenters. The lowest BCUT2D eigenvalue weighted by molar-refractivity contribution is 0.669. The van der Waals surface area contributed by atoms with Crippen LogP contribution in [0.25, 0.3) is 105 Å². The minimum absolute atomic E-state index is 0.503. The molecule has 0 N–H and O–H groups in total. The van der Waals surface area contributed by atoms with E-state index in [1.54, 1.807) is 0 Å². The molecule has 0 fully saturated rings. The quantitative estimate of drug-likeness (QED) is 0.172. The normalized spacial score (nSPS) is 11.8. The van der Waals surface area contributed by atoms with E-state index in [-0.39, 0.29) is 0 Å². The van der Waals surface area contributed by atoms with Crippen molar-refractivity contribution >= 4 is 59.9 Å². The number of furan rings is 1. The van der Waals surface area contributed by atoms with E-state index in [1.807, 2.05) is 83.4 Å². The highest BCUT2D eigenvalue weighted by molar-refractivity contribution is 6.26. The van der Waals surface area contributed by atoms with Crippen molar-refractivity contribution in [3.05, 3.63) is 187 Å². The first-order valence-electron chi connectivity index (χ1n) is 18.0. The van der Waals surface area contributed by atoms with Crippen LogP contribution >= 0.6 is 0 Å². The van der Waals surface area contributed by atoms with Crippen LogP contribution < -0.4 is 5.69 Å². The molecule has 0 spiro atoms. The average Bonchev–Trinajstić information content (AvgIpc) is 3.62. The van der Waals surface area contributed by atoms with E-state index in [0.29, 0.717) is 11.5 Å². The van der Waals surface area contributed by atoms with Gasteiger partial charge in [0, 0.05) is 28.1 Å². The van der Waals surface area contributed by atoms with E-state index in [2.05, 4.69) is 107 Å². The molecule has 0 saturated heterocycles. The summed E-state index contributed by atoms with van der Waals surface area (Å²) < 4.78 is 8.44. The van der Waals surface area contributed by atoms with Crippen LogP contribution in [-0.4, -0.2) is 14.4 Å².